The first-order chi connectivity index (χ1) is 7.69. The van der Waals surface area contributed by atoms with E-state index in [9.17, 15) is 4.79 Å². The second-order valence-corrected chi connectivity index (χ2v) is 3.39. The molecule has 0 saturated heterocycles. The van der Waals surface area contributed by atoms with Gasteiger partial charge in [-0.15, -0.1) is 0 Å². The minimum atomic E-state index is -0.378. The predicted octanol–water partition coefficient (Wildman–Crippen LogP) is 1.21. The van der Waals surface area contributed by atoms with Crippen LogP contribution in [0.15, 0.2) is 24.3 Å². The summed E-state index contributed by atoms with van der Waals surface area (Å²) >= 11 is 0. The van der Waals surface area contributed by atoms with Crippen molar-refractivity contribution in [2.24, 2.45) is 0 Å². The predicted molar refractivity (Wildman–Crippen MR) is 59.5 cm³/mol. The average Bonchev–Trinajstić information content (AvgIpc) is 2.35. The molecule has 0 heterocycles. The first-order valence-electron chi connectivity index (χ1n) is 4.98. The molecule has 16 heavy (non-hydrogen) atoms. The molecule has 0 aliphatic rings. The number of rotatable bonds is 4. The second kappa shape index (κ2) is 5.89. The molecular formula is C12H14N2O2. The molecule has 0 aromatic heterocycles. The molecule has 0 radical (unpaired) electrons. The lowest BCUT2D eigenvalue weighted by molar-refractivity contribution is -0.142. The molecule has 0 fully saturated rings. The number of nitrogens with zero attached hydrogens (tertiary/aromatic N) is 1. The summed E-state index contributed by atoms with van der Waals surface area (Å²) in [7, 11) is 1.35. The van der Waals surface area contributed by atoms with Crippen LogP contribution in [0.25, 0.3) is 0 Å². The van der Waals surface area contributed by atoms with Gasteiger partial charge in [0, 0.05) is 6.54 Å². The number of methoxy groups -OCH3 is 1. The van der Waals surface area contributed by atoms with E-state index < -0.39 is 0 Å². The van der Waals surface area contributed by atoms with E-state index in [2.05, 4.69) is 16.1 Å². The summed E-state index contributed by atoms with van der Waals surface area (Å²) < 4.78 is 4.59. The number of benzene rings is 1. The van der Waals surface area contributed by atoms with E-state index in [1.807, 2.05) is 18.2 Å². The van der Waals surface area contributed by atoms with E-state index in [0.717, 1.165) is 5.56 Å². The Kier molecular flexibility index (Phi) is 4.49. The van der Waals surface area contributed by atoms with Gasteiger partial charge in [-0.2, -0.15) is 5.26 Å². The van der Waals surface area contributed by atoms with Gasteiger partial charge in [0.05, 0.1) is 18.7 Å². The zero-order chi connectivity index (χ0) is 12.0. The quantitative estimate of drug-likeness (QED) is 0.771. The van der Waals surface area contributed by atoms with Crippen molar-refractivity contribution in [3.63, 3.8) is 0 Å². The Morgan fingerprint density at radius 2 is 2.25 bits per heavy atom. The Balaban J connectivity index is 2.62. The lowest BCUT2D eigenvalue weighted by Crippen LogP contribution is -2.34. The summed E-state index contributed by atoms with van der Waals surface area (Å²) in [5.74, 6) is -0.311. The van der Waals surface area contributed by atoms with Gasteiger partial charge in [-0.05, 0) is 18.6 Å². The van der Waals surface area contributed by atoms with Gasteiger partial charge in [-0.3, -0.25) is 4.79 Å². The van der Waals surface area contributed by atoms with E-state index in [0.29, 0.717) is 12.1 Å². The van der Waals surface area contributed by atoms with Gasteiger partial charge in [-0.25, -0.2) is 0 Å². The van der Waals surface area contributed by atoms with Gasteiger partial charge >= 0.3 is 5.97 Å². The molecule has 0 aliphatic heterocycles. The van der Waals surface area contributed by atoms with Crippen molar-refractivity contribution in [3.05, 3.63) is 35.4 Å². The van der Waals surface area contributed by atoms with Crippen LogP contribution >= 0.6 is 0 Å². The Bertz CT molecular complexity index is 410. The van der Waals surface area contributed by atoms with E-state index in [1.54, 1.807) is 13.0 Å². The highest BCUT2D eigenvalue weighted by Crippen LogP contribution is 2.07. The van der Waals surface area contributed by atoms with Crippen molar-refractivity contribution >= 4 is 5.97 Å². The number of nitriles is 1. The molecule has 1 rings (SSSR count). The minimum absolute atomic E-state index is 0.311. The van der Waals surface area contributed by atoms with Gasteiger partial charge in [0.1, 0.15) is 6.04 Å². The van der Waals surface area contributed by atoms with Crippen LogP contribution in [-0.4, -0.2) is 19.1 Å². The van der Waals surface area contributed by atoms with Crippen LogP contribution < -0.4 is 5.32 Å². The van der Waals surface area contributed by atoms with Gasteiger partial charge in [0.25, 0.3) is 0 Å². The zero-order valence-corrected chi connectivity index (χ0v) is 9.36. The van der Waals surface area contributed by atoms with E-state index in [4.69, 9.17) is 5.26 Å². The van der Waals surface area contributed by atoms with Crippen molar-refractivity contribution in [1.82, 2.24) is 5.32 Å². The largest absolute Gasteiger partial charge is 0.468 e. The standard InChI is InChI=1S/C12H14N2O2/c1-9(12(15)16-2)14-8-11-6-4-3-5-10(11)7-13/h3-6,9,14H,8H2,1-2H3. The Hall–Kier alpha value is -1.86. The number of hydrogen-bond donors (Lipinski definition) is 1. The highest BCUT2D eigenvalue weighted by atomic mass is 16.5. The summed E-state index contributed by atoms with van der Waals surface area (Å²) in [4.78, 5) is 11.1. The molecular weight excluding hydrogens is 204 g/mol. The fourth-order valence-corrected chi connectivity index (χ4v) is 1.31. The van der Waals surface area contributed by atoms with E-state index in [1.165, 1.54) is 7.11 Å². The molecule has 0 amide bonds. The highest BCUT2D eigenvalue weighted by Gasteiger charge is 2.12. The topological polar surface area (TPSA) is 62.1 Å². The number of ether oxygens (including phenoxy) is 1. The Morgan fingerprint density at radius 3 is 2.88 bits per heavy atom. The Labute approximate surface area is 94.8 Å². The summed E-state index contributed by atoms with van der Waals surface area (Å²) in [5.41, 5.74) is 1.49. The maximum Gasteiger partial charge on any atom is 0.322 e. The Morgan fingerprint density at radius 1 is 1.56 bits per heavy atom. The van der Waals surface area contributed by atoms with Crippen molar-refractivity contribution in [3.8, 4) is 6.07 Å². The molecule has 1 aromatic carbocycles. The van der Waals surface area contributed by atoms with Crippen molar-refractivity contribution < 1.29 is 9.53 Å². The molecule has 84 valence electrons. The van der Waals surface area contributed by atoms with Gasteiger partial charge in [-0.1, -0.05) is 18.2 Å². The third kappa shape index (κ3) is 3.07. The molecule has 1 N–H and O–H groups in total. The van der Waals surface area contributed by atoms with Gasteiger partial charge < -0.3 is 10.1 Å². The average molecular weight is 218 g/mol. The molecule has 0 aliphatic carbocycles. The SMILES string of the molecule is COC(=O)C(C)NCc1ccccc1C#N. The first kappa shape index (κ1) is 12.2. The summed E-state index contributed by atoms with van der Waals surface area (Å²) in [6.07, 6.45) is 0. The second-order valence-electron chi connectivity index (χ2n) is 3.39. The number of carbonyl (C=O) groups excluding carboxylic acids is 1. The van der Waals surface area contributed by atoms with Crippen LogP contribution in [0, 0.1) is 11.3 Å². The number of carbonyl (C=O) groups is 1. The molecule has 0 saturated carbocycles. The van der Waals surface area contributed by atoms with Gasteiger partial charge in [0.2, 0.25) is 0 Å². The van der Waals surface area contributed by atoms with Gasteiger partial charge in [0.15, 0.2) is 0 Å². The first-order valence-corrected chi connectivity index (χ1v) is 4.98. The minimum Gasteiger partial charge on any atom is -0.468 e. The fourth-order valence-electron chi connectivity index (χ4n) is 1.31. The molecule has 4 heteroatoms. The van der Waals surface area contributed by atoms with Crippen molar-refractivity contribution in [1.29, 1.82) is 5.26 Å². The zero-order valence-electron chi connectivity index (χ0n) is 9.36. The number of hydrogen-bond acceptors (Lipinski definition) is 4. The summed E-state index contributed by atoms with van der Waals surface area (Å²) in [5, 5.41) is 11.9. The molecule has 1 unspecified atom stereocenters. The number of esters is 1. The molecule has 4 nitrogen and oxygen atoms in total. The fraction of sp³-hybridized carbons (Fsp3) is 0.333. The lowest BCUT2D eigenvalue weighted by atomic mass is 10.1. The highest BCUT2D eigenvalue weighted by molar-refractivity contribution is 5.75. The molecule has 1 atom stereocenters. The van der Waals surface area contributed by atoms with Crippen LogP contribution in [-0.2, 0) is 16.1 Å². The molecule has 1 aromatic rings. The summed E-state index contributed by atoms with van der Waals surface area (Å²) in [6, 6.07) is 9.01. The van der Waals surface area contributed by atoms with Crippen LogP contribution in [0.5, 0.6) is 0 Å². The van der Waals surface area contributed by atoms with E-state index in [-0.39, 0.29) is 12.0 Å². The summed E-state index contributed by atoms with van der Waals surface area (Å²) in [6.45, 7) is 2.20. The smallest absolute Gasteiger partial charge is 0.322 e. The lowest BCUT2D eigenvalue weighted by Gasteiger charge is -2.11. The maximum atomic E-state index is 11.1. The third-order valence-corrected chi connectivity index (χ3v) is 2.29. The normalized spacial score (nSPS) is 11.6. The third-order valence-electron chi connectivity index (χ3n) is 2.29. The van der Waals surface area contributed by atoms with Crippen LogP contribution in [0.3, 0.4) is 0 Å². The van der Waals surface area contributed by atoms with E-state index >= 15 is 0 Å². The van der Waals surface area contributed by atoms with Crippen LogP contribution in [0.2, 0.25) is 0 Å². The number of nitrogens with one attached hydrogen (secondary N) is 1. The van der Waals surface area contributed by atoms with Crippen LogP contribution in [0.4, 0.5) is 0 Å². The molecule has 0 spiro atoms. The van der Waals surface area contributed by atoms with Crippen molar-refractivity contribution in [2.45, 2.75) is 19.5 Å². The monoisotopic (exact) mass is 218 g/mol. The van der Waals surface area contributed by atoms with Crippen molar-refractivity contribution in [2.75, 3.05) is 7.11 Å². The maximum absolute atomic E-state index is 11.1. The molecule has 0 bridgehead atoms. The van der Waals surface area contributed by atoms with Crippen LogP contribution in [0.1, 0.15) is 18.1 Å².